The van der Waals surface area contributed by atoms with Crippen LogP contribution >= 0.6 is 15.9 Å². The molecule has 0 aliphatic carbocycles. The van der Waals surface area contributed by atoms with Gasteiger partial charge in [0.1, 0.15) is 0 Å². The normalized spacial score (nSPS) is 19.4. The van der Waals surface area contributed by atoms with Gasteiger partial charge in [0.05, 0.1) is 0 Å². The van der Waals surface area contributed by atoms with E-state index in [1.165, 1.54) is 15.7 Å². The predicted molar refractivity (Wildman–Crippen MR) is 68.3 cm³/mol. The molecule has 2 N–H and O–H groups in total. The van der Waals surface area contributed by atoms with Gasteiger partial charge in [-0.1, -0.05) is 15.9 Å². The lowest BCUT2D eigenvalue weighted by molar-refractivity contribution is 0.593. The van der Waals surface area contributed by atoms with Gasteiger partial charge in [0, 0.05) is 22.7 Å². The zero-order chi connectivity index (χ0) is 10.8. The molecule has 1 aliphatic heterocycles. The fraction of sp³-hybridized carbons (Fsp3) is 0.500. The van der Waals surface area contributed by atoms with Gasteiger partial charge in [-0.05, 0) is 50.1 Å². The molecule has 2 rings (SSSR count). The molecule has 0 amide bonds. The molecule has 0 fully saturated rings. The first-order chi connectivity index (χ1) is 7.26. The van der Waals surface area contributed by atoms with Gasteiger partial charge in [-0.3, -0.25) is 0 Å². The standard InChI is InChI=1S/C12H17BrN2/c1-2-15-11(5-6-14)8-9-7-10(13)3-4-12(9)15/h3-4,7,11H,2,5-6,8,14H2,1H3. The average Bonchev–Trinajstić information content (AvgIpc) is 2.54. The lowest BCUT2D eigenvalue weighted by atomic mass is 10.1. The van der Waals surface area contributed by atoms with Crippen LogP contribution in [-0.2, 0) is 6.42 Å². The van der Waals surface area contributed by atoms with Crippen molar-refractivity contribution >= 4 is 21.6 Å². The van der Waals surface area contributed by atoms with E-state index in [0.717, 1.165) is 25.9 Å². The van der Waals surface area contributed by atoms with E-state index in [1.807, 2.05) is 0 Å². The van der Waals surface area contributed by atoms with Gasteiger partial charge in [0.15, 0.2) is 0 Å². The molecule has 1 atom stereocenters. The van der Waals surface area contributed by atoms with Crippen molar-refractivity contribution in [3.63, 3.8) is 0 Å². The van der Waals surface area contributed by atoms with Crippen LogP contribution in [0.25, 0.3) is 0 Å². The Morgan fingerprint density at radius 1 is 1.53 bits per heavy atom. The molecule has 0 spiro atoms. The van der Waals surface area contributed by atoms with Crippen molar-refractivity contribution in [2.75, 3.05) is 18.0 Å². The Labute approximate surface area is 99.6 Å². The fourth-order valence-corrected chi connectivity index (χ4v) is 2.85. The number of halogens is 1. The minimum Gasteiger partial charge on any atom is -0.368 e. The van der Waals surface area contributed by atoms with Crippen molar-refractivity contribution in [3.05, 3.63) is 28.2 Å². The zero-order valence-electron chi connectivity index (χ0n) is 9.04. The van der Waals surface area contributed by atoms with Gasteiger partial charge in [0.2, 0.25) is 0 Å². The molecular weight excluding hydrogens is 252 g/mol. The first-order valence-electron chi connectivity index (χ1n) is 5.51. The molecule has 1 unspecified atom stereocenters. The van der Waals surface area contributed by atoms with Crippen molar-refractivity contribution in [3.8, 4) is 0 Å². The van der Waals surface area contributed by atoms with E-state index >= 15 is 0 Å². The summed E-state index contributed by atoms with van der Waals surface area (Å²) in [5.41, 5.74) is 8.49. The second-order valence-electron chi connectivity index (χ2n) is 3.99. The van der Waals surface area contributed by atoms with Gasteiger partial charge in [0.25, 0.3) is 0 Å². The van der Waals surface area contributed by atoms with Gasteiger partial charge in [-0.15, -0.1) is 0 Å². The first kappa shape index (κ1) is 11.0. The smallest absolute Gasteiger partial charge is 0.0402 e. The number of hydrogen-bond acceptors (Lipinski definition) is 2. The molecule has 0 saturated carbocycles. The molecule has 1 aromatic carbocycles. The second-order valence-corrected chi connectivity index (χ2v) is 4.91. The Morgan fingerprint density at radius 3 is 3.00 bits per heavy atom. The van der Waals surface area contributed by atoms with Crippen LogP contribution in [-0.4, -0.2) is 19.1 Å². The molecule has 0 aromatic heterocycles. The highest BCUT2D eigenvalue weighted by atomic mass is 79.9. The number of rotatable bonds is 3. The van der Waals surface area contributed by atoms with E-state index in [-0.39, 0.29) is 0 Å². The van der Waals surface area contributed by atoms with Crippen LogP contribution in [0.5, 0.6) is 0 Å². The Morgan fingerprint density at radius 2 is 2.33 bits per heavy atom. The number of benzene rings is 1. The molecule has 82 valence electrons. The van der Waals surface area contributed by atoms with Crippen molar-refractivity contribution < 1.29 is 0 Å². The number of hydrogen-bond donors (Lipinski definition) is 1. The molecular formula is C12H17BrN2. The number of likely N-dealkylation sites (N-methyl/N-ethyl adjacent to an activating group) is 1. The van der Waals surface area contributed by atoms with Crippen LogP contribution in [0.2, 0.25) is 0 Å². The van der Waals surface area contributed by atoms with E-state index in [9.17, 15) is 0 Å². The molecule has 15 heavy (non-hydrogen) atoms. The Balaban J connectivity index is 2.28. The first-order valence-corrected chi connectivity index (χ1v) is 6.30. The third-order valence-corrected chi connectivity index (χ3v) is 3.58. The van der Waals surface area contributed by atoms with Crippen LogP contribution in [0.1, 0.15) is 18.9 Å². The molecule has 2 nitrogen and oxygen atoms in total. The van der Waals surface area contributed by atoms with Crippen molar-refractivity contribution in [2.24, 2.45) is 5.73 Å². The molecule has 1 aromatic rings. The van der Waals surface area contributed by atoms with Gasteiger partial charge < -0.3 is 10.6 Å². The second kappa shape index (κ2) is 4.54. The van der Waals surface area contributed by atoms with E-state index in [4.69, 9.17) is 5.73 Å². The van der Waals surface area contributed by atoms with Crippen LogP contribution in [0, 0.1) is 0 Å². The molecule has 0 saturated heterocycles. The lowest BCUT2D eigenvalue weighted by Gasteiger charge is -2.25. The maximum atomic E-state index is 5.65. The van der Waals surface area contributed by atoms with Gasteiger partial charge in [-0.25, -0.2) is 0 Å². The Bertz CT molecular complexity index is 351. The number of anilines is 1. The average molecular weight is 269 g/mol. The molecule has 3 heteroatoms. The maximum Gasteiger partial charge on any atom is 0.0402 e. The topological polar surface area (TPSA) is 29.3 Å². The van der Waals surface area contributed by atoms with Crippen LogP contribution in [0.4, 0.5) is 5.69 Å². The monoisotopic (exact) mass is 268 g/mol. The van der Waals surface area contributed by atoms with E-state index in [0.29, 0.717) is 6.04 Å². The van der Waals surface area contributed by atoms with Crippen LogP contribution in [0.3, 0.4) is 0 Å². The summed E-state index contributed by atoms with van der Waals surface area (Å²) in [5.74, 6) is 0. The van der Waals surface area contributed by atoms with Crippen molar-refractivity contribution in [2.45, 2.75) is 25.8 Å². The minimum atomic E-state index is 0.601. The molecule has 0 radical (unpaired) electrons. The summed E-state index contributed by atoms with van der Waals surface area (Å²) in [6, 6.07) is 7.16. The highest BCUT2D eigenvalue weighted by Gasteiger charge is 2.27. The van der Waals surface area contributed by atoms with E-state index in [2.05, 4.69) is 46.0 Å². The maximum absolute atomic E-state index is 5.65. The predicted octanol–water partition coefficient (Wildman–Crippen LogP) is 2.55. The van der Waals surface area contributed by atoms with E-state index < -0.39 is 0 Å². The Hall–Kier alpha value is -0.540. The third-order valence-electron chi connectivity index (χ3n) is 3.09. The molecule has 0 bridgehead atoms. The van der Waals surface area contributed by atoms with Crippen molar-refractivity contribution in [1.29, 1.82) is 0 Å². The number of nitrogens with two attached hydrogens (primary N) is 1. The minimum absolute atomic E-state index is 0.601. The SMILES string of the molecule is CCN1c2ccc(Br)cc2CC1CCN. The molecule has 1 heterocycles. The summed E-state index contributed by atoms with van der Waals surface area (Å²) in [6.45, 7) is 4.05. The van der Waals surface area contributed by atoms with Crippen LogP contribution in [0.15, 0.2) is 22.7 Å². The zero-order valence-corrected chi connectivity index (χ0v) is 10.6. The summed E-state index contributed by atoms with van der Waals surface area (Å²) < 4.78 is 1.17. The number of nitrogens with zero attached hydrogens (tertiary/aromatic N) is 1. The van der Waals surface area contributed by atoms with E-state index in [1.54, 1.807) is 0 Å². The fourth-order valence-electron chi connectivity index (χ4n) is 2.44. The van der Waals surface area contributed by atoms with Crippen molar-refractivity contribution in [1.82, 2.24) is 0 Å². The quantitative estimate of drug-likeness (QED) is 0.913. The van der Waals surface area contributed by atoms with Gasteiger partial charge in [-0.2, -0.15) is 0 Å². The third kappa shape index (κ3) is 2.04. The Kier molecular flexibility index (Phi) is 3.32. The summed E-state index contributed by atoms with van der Waals surface area (Å²) in [7, 11) is 0. The highest BCUT2D eigenvalue weighted by molar-refractivity contribution is 9.10. The highest BCUT2D eigenvalue weighted by Crippen LogP contribution is 2.34. The summed E-state index contributed by atoms with van der Waals surface area (Å²) in [5, 5.41) is 0. The van der Waals surface area contributed by atoms with Crippen LogP contribution < -0.4 is 10.6 Å². The number of fused-ring (bicyclic) bond motifs is 1. The summed E-state index contributed by atoms with van der Waals surface area (Å²) in [4.78, 5) is 2.47. The largest absolute Gasteiger partial charge is 0.368 e. The summed E-state index contributed by atoms with van der Waals surface area (Å²) >= 11 is 3.52. The summed E-state index contributed by atoms with van der Waals surface area (Å²) in [6.07, 6.45) is 2.22. The van der Waals surface area contributed by atoms with Gasteiger partial charge >= 0.3 is 0 Å². The lowest BCUT2D eigenvalue weighted by Crippen LogP contribution is -2.33. The molecule has 1 aliphatic rings.